The molecule has 3 atom stereocenters. The molecule has 0 radical (unpaired) electrons. The number of aromatic nitrogens is 2. The molecule has 6 heteroatoms. The van der Waals surface area contributed by atoms with Crippen LogP contribution in [0.1, 0.15) is 53.4 Å². The van der Waals surface area contributed by atoms with E-state index >= 15 is 0 Å². The molecule has 0 bridgehead atoms. The molecule has 3 aliphatic rings. The number of fused-ring (bicyclic) bond motifs is 3. The minimum absolute atomic E-state index is 0.232. The molecular formula is C22H26N2O4. The van der Waals surface area contributed by atoms with Crippen molar-refractivity contribution in [2.24, 2.45) is 11.8 Å². The number of carbonyl (C=O) groups is 1. The van der Waals surface area contributed by atoms with Crippen LogP contribution in [0.3, 0.4) is 0 Å². The van der Waals surface area contributed by atoms with Gasteiger partial charge in [-0.2, -0.15) is 5.10 Å². The maximum Gasteiger partial charge on any atom is 0.337 e. The second kappa shape index (κ2) is 6.42. The summed E-state index contributed by atoms with van der Waals surface area (Å²) in [6.45, 7) is 3.58. The summed E-state index contributed by atoms with van der Waals surface area (Å²) in [4.78, 5) is 12.2. The lowest BCUT2D eigenvalue weighted by molar-refractivity contribution is -0.232. The minimum Gasteiger partial charge on any atom is -0.465 e. The van der Waals surface area contributed by atoms with Gasteiger partial charge in [-0.3, -0.25) is 5.10 Å². The van der Waals surface area contributed by atoms with Crippen LogP contribution in [0.2, 0.25) is 0 Å². The number of nitrogens with zero attached hydrogens (tertiary/aromatic N) is 1. The molecule has 28 heavy (non-hydrogen) atoms. The molecule has 1 aliphatic heterocycles. The first-order valence-electron chi connectivity index (χ1n) is 10.1. The number of aromatic amines is 1. The van der Waals surface area contributed by atoms with Crippen LogP contribution < -0.4 is 0 Å². The molecule has 1 N–H and O–H groups in total. The number of rotatable bonds is 2. The van der Waals surface area contributed by atoms with Crippen LogP contribution in [0.4, 0.5) is 0 Å². The summed E-state index contributed by atoms with van der Waals surface area (Å²) in [7, 11) is 1.42. The summed E-state index contributed by atoms with van der Waals surface area (Å²) in [5, 5.41) is 7.80. The van der Waals surface area contributed by atoms with Gasteiger partial charge in [-0.25, -0.2) is 4.79 Å². The molecule has 2 aromatic rings. The molecule has 0 amide bonds. The van der Waals surface area contributed by atoms with Crippen LogP contribution in [0.25, 0.3) is 0 Å². The number of ether oxygens (including phenoxy) is 3. The van der Waals surface area contributed by atoms with Gasteiger partial charge in [0.2, 0.25) is 0 Å². The second-order valence-electron chi connectivity index (χ2n) is 8.25. The first kappa shape index (κ1) is 17.9. The van der Waals surface area contributed by atoms with E-state index in [1.54, 1.807) is 0 Å². The number of benzene rings is 1. The normalized spacial score (nSPS) is 30.6. The van der Waals surface area contributed by atoms with E-state index < -0.39 is 5.79 Å². The Hall–Kier alpha value is -2.18. The number of carbonyl (C=O) groups excluding carboxylic acids is 1. The van der Waals surface area contributed by atoms with Crippen molar-refractivity contribution in [2.75, 3.05) is 20.3 Å². The first-order valence-corrected chi connectivity index (χ1v) is 10.1. The molecule has 5 rings (SSSR count). The van der Waals surface area contributed by atoms with Gasteiger partial charge in [-0.1, -0.05) is 19.1 Å². The third-order valence-electron chi connectivity index (χ3n) is 7.24. The summed E-state index contributed by atoms with van der Waals surface area (Å²) in [6.07, 6.45) is 5.76. The van der Waals surface area contributed by atoms with Crippen molar-refractivity contribution in [3.8, 4) is 0 Å². The molecule has 0 unspecified atom stereocenters. The van der Waals surface area contributed by atoms with Gasteiger partial charge < -0.3 is 14.2 Å². The fourth-order valence-corrected chi connectivity index (χ4v) is 5.93. The Morgan fingerprint density at radius 3 is 2.89 bits per heavy atom. The van der Waals surface area contributed by atoms with Gasteiger partial charge in [0.25, 0.3) is 0 Å². The predicted molar refractivity (Wildman–Crippen MR) is 102 cm³/mol. The van der Waals surface area contributed by atoms with Crippen LogP contribution in [0.5, 0.6) is 0 Å². The number of hydrogen-bond donors (Lipinski definition) is 1. The van der Waals surface area contributed by atoms with E-state index in [4.69, 9.17) is 19.3 Å². The van der Waals surface area contributed by atoms with Gasteiger partial charge in [0.05, 0.1) is 31.6 Å². The molecule has 1 saturated heterocycles. The average Bonchev–Trinajstić information content (AvgIpc) is 3.41. The molecule has 2 fully saturated rings. The third-order valence-corrected chi connectivity index (χ3v) is 7.24. The zero-order valence-electron chi connectivity index (χ0n) is 16.4. The van der Waals surface area contributed by atoms with Gasteiger partial charge in [0.1, 0.15) is 0 Å². The fraction of sp³-hybridized carbons (Fsp3) is 0.545. The van der Waals surface area contributed by atoms with Crippen LogP contribution in [0.15, 0.2) is 30.5 Å². The van der Waals surface area contributed by atoms with Crippen LogP contribution in [-0.4, -0.2) is 42.3 Å². The van der Waals surface area contributed by atoms with Crippen molar-refractivity contribution in [1.82, 2.24) is 10.2 Å². The Morgan fingerprint density at radius 1 is 1.29 bits per heavy atom. The predicted octanol–water partition coefficient (Wildman–Crippen LogP) is 3.22. The van der Waals surface area contributed by atoms with Crippen molar-refractivity contribution in [2.45, 2.75) is 43.8 Å². The van der Waals surface area contributed by atoms with Gasteiger partial charge >= 0.3 is 5.97 Å². The minimum atomic E-state index is -0.484. The van der Waals surface area contributed by atoms with E-state index in [1.165, 1.54) is 12.7 Å². The van der Waals surface area contributed by atoms with Crippen molar-refractivity contribution in [3.05, 3.63) is 52.8 Å². The smallest absolute Gasteiger partial charge is 0.337 e. The summed E-state index contributed by atoms with van der Waals surface area (Å²) >= 11 is 0. The van der Waals surface area contributed by atoms with Gasteiger partial charge in [0.15, 0.2) is 5.79 Å². The topological polar surface area (TPSA) is 73.4 Å². The fourth-order valence-electron chi connectivity index (χ4n) is 5.93. The number of H-pyrrole nitrogens is 1. The van der Waals surface area contributed by atoms with Crippen molar-refractivity contribution in [1.29, 1.82) is 0 Å². The first-order chi connectivity index (χ1) is 13.6. The van der Waals surface area contributed by atoms with Crippen LogP contribution >= 0.6 is 0 Å². The van der Waals surface area contributed by atoms with Crippen molar-refractivity contribution >= 4 is 5.97 Å². The van der Waals surface area contributed by atoms with E-state index in [1.807, 2.05) is 24.4 Å². The highest BCUT2D eigenvalue weighted by Crippen LogP contribution is 2.59. The van der Waals surface area contributed by atoms with Crippen molar-refractivity contribution in [3.63, 3.8) is 0 Å². The van der Waals surface area contributed by atoms with E-state index in [-0.39, 0.29) is 17.3 Å². The van der Waals surface area contributed by atoms with E-state index in [2.05, 4.69) is 18.1 Å². The Labute approximate surface area is 164 Å². The maximum absolute atomic E-state index is 12.2. The third kappa shape index (κ3) is 2.34. The monoisotopic (exact) mass is 382 g/mol. The van der Waals surface area contributed by atoms with Crippen LogP contribution in [-0.2, 0) is 26.0 Å². The maximum atomic E-state index is 12.2. The lowest BCUT2D eigenvalue weighted by Gasteiger charge is -2.55. The molecular weight excluding hydrogens is 356 g/mol. The number of methoxy groups -OCH3 is 1. The number of aryl methyl sites for hydroxylation is 1. The highest BCUT2D eigenvalue weighted by Gasteiger charge is 2.60. The highest BCUT2D eigenvalue weighted by atomic mass is 16.7. The lowest BCUT2D eigenvalue weighted by atomic mass is 9.52. The molecule has 1 spiro atoms. The summed E-state index contributed by atoms with van der Waals surface area (Å²) in [5.41, 5.74) is 3.85. The van der Waals surface area contributed by atoms with E-state index in [0.717, 1.165) is 36.9 Å². The molecule has 2 heterocycles. The second-order valence-corrected chi connectivity index (χ2v) is 8.25. The lowest BCUT2D eigenvalue weighted by Crippen LogP contribution is -2.56. The Balaban J connectivity index is 1.67. The zero-order valence-corrected chi connectivity index (χ0v) is 16.4. The van der Waals surface area contributed by atoms with E-state index in [9.17, 15) is 4.79 Å². The molecule has 1 aromatic heterocycles. The molecule has 2 aliphatic carbocycles. The summed E-state index contributed by atoms with van der Waals surface area (Å²) in [5.74, 6) is -0.240. The molecule has 6 nitrogen and oxygen atoms in total. The highest BCUT2D eigenvalue weighted by molar-refractivity contribution is 5.89. The molecule has 1 saturated carbocycles. The van der Waals surface area contributed by atoms with Gasteiger partial charge in [-0.05, 0) is 48.4 Å². The Morgan fingerprint density at radius 2 is 2.11 bits per heavy atom. The summed E-state index contributed by atoms with van der Waals surface area (Å²) in [6, 6.07) is 7.88. The Kier molecular flexibility index (Phi) is 4.10. The van der Waals surface area contributed by atoms with Gasteiger partial charge in [-0.15, -0.1) is 0 Å². The van der Waals surface area contributed by atoms with E-state index in [0.29, 0.717) is 24.7 Å². The standard InChI is InChI=1S/C22H26N2O4/c1-14-18-7-6-16-13-23-24-19(16)21(18,8-9-22(14)27-10-11-28-22)17-5-3-4-15(12-17)20(25)26-2/h3-5,12-14,18H,6-11H2,1-2H3,(H,23,24)/t14-,18-,21+/m0/s1. The number of hydrogen-bond acceptors (Lipinski definition) is 5. The molecule has 1 aromatic carbocycles. The van der Waals surface area contributed by atoms with Crippen molar-refractivity contribution < 1.29 is 19.0 Å². The number of nitrogens with one attached hydrogen (secondary N) is 1. The average molecular weight is 382 g/mol. The van der Waals surface area contributed by atoms with Crippen LogP contribution in [0, 0.1) is 11.8 Å². The van der Waals surface area contributed by atoms with Gasteiger partial charge in [0, 0.05) is 24.0 Å². The number of esters is 1. The molecule has 148 valence electrons. The Bertz CT molecular complexity index is 901. The SMILES string of the molecule is COC(=O)c1cccc([C@]23CCC4(OCCO4)[C@@H](C)[C@@H]2CCc2c[nH]nc23)c1. The zero-order chi connectivity index (χ0) is 19.4. The largest absolute Gasteiger partial charge is 0.465 e. The summed E-state index contributed by atoms with van der Waals surface area (Å²) < 4.78 is 17.3. The quantitative estimate of drug-likeness (QED) is 0.808.